The summed E-state index contributed by atoms with van der Waals surface area (Å²) in [6, 6.07) is 5.70. The lowest BCUT2D eigenvalue weighted by Crippen LogP contribution is -2.09. The summed E-state index contributed by atoms with van der Waals surface area (Å²) in [7, 11) is 1.38. The second-order valence-corrected chi connectivity index (χ2v) is 6.28. The normalized spacial score (nSPS) is 10.5. The summed E-state index contributed by atoms with van der Waals surface area (Å²) in [5, 5.41) is 3.30. The van der Waals surface area contributed by atoms with Gasteiger partial charge < -0.3 is 14.6 Å². The molecule has 1 heterocycles. The maximum Gasteiger partial charge on any atom is 0.340 e. The summed E-state index contributed by atoms with van der Waals surface area (Å²) in [5.74, 6) is -0.370. The Morgan fingerprint density at radius 1 is 1.38 bits per heavy atom. The molecular weight excluding hydrogens is 400 g/mol. The molecule has 2 aromatic rings. The minimum atomic E-state index is -0.370. The number of rotatable bonds is 5. The van der Waals surface area contributed by atoms with E-state index in [1.54, 1.807) is 6.07 Å². The number of hydrogen-bond acceptors (Lipinski definition) is 3. The Labute approximate surface area is 140 Å². The van der Waals surface area contributed by atoms with Crippen molar-refractivity contribution in [1.29, 1.82) is 0 Å². The zero-order chi connectivity index (χ0) is 15.4. The third kappa shape index (κ3) is 3.89. The summed E-state index contributed by atoms with van der Waals surface area (Å²) < 4.78 is 8.57. The highest BCUT2D eigenvalue weighted by Gasteiger charge is 2.16. The van der Waals surface area contributed by atoms with E-state index in [9.17, 15) is 4.79 Å². The van der Waals surface area contributed by atoms with Crippen LogP contribution in [0.1, 0.15) is 22.8 Å². The number of halogens is 2. The van der Waals surface area contributed by atoms with Gasteiger partial charge in [0, 0.05) is 34.4 Å². The topological polar surface area (TPSA) is 43.3 Å². The van der Waals surface area contributed by atoms with Crippen molar-refractivity contribution in [2.75, 3.05) is 12.4 Å². The molecule has 0 fully saturated rings. The Morgan fingerprint density at radius 3 is 2.76 bits per heavy atom. The molecule has 0 saturated carbocycles. The molecule has 1 aromatic heterocycles. The van der Waals surface area contributed by atoms with Gasteiger partial charge in [-0.15, -0.1) is 0 Å². The van der Waals surface area contributed by atoms with Crippen molar-refractivity contribution in [2.24, 2.45) is 0 Å². The van der Waals surface area contributed by atoms with E-state index in [1.165, 1.54) is 7.11 Å². The van der Waals surface area contributed by atoms with Crippen LogP contribution in [0.25, 0.3) is 0 Å². The first-order valence-electron chi connectivity index (χ1n) is 6.51. The number of hydrogen-bond donors (Lipinski definition) is 1. The first-order valence-corrected chi connectivity index (χ1v) is 8.09. The Balaban J connectivity index is 2.24. The Hall–Kier alpha value is -1.27. The van der Waals surface area contributed by atoms with Crippen LogP contribution in [0.5, 0.6) is 0 Å². The lowest BCUT2D eigenvalue weighted by atomic mass is 10.1. The molecule has 4 nitrogen and oxygen atoms in total. The molecule has 0 radical (unpaired) electrons. The first kappa shape index (κ1) is 16.1. The largest absolute Gasteiger partial charge is 0.465 e. The number of esters is 1. The van der Waals surface area contributed by atoms with Crippen LogP contribution in [0, 0.1) is 0 Å². The van der Waals surface area contributed by atoms with Gasteiger partial charge in [-0.05, 0) is 46.6 Å². The molecule has 6 heteroatoms. The Bertz CT molecular complexity index is 653. The number of nitrogens with zero attached hydrogens (tertiary/aromatic N) is 1. The maximum atomic E-state index is 11.9. The summed E-state index contributed by atoms with van der Waals surface area (Å²) in [4.78, 5) is 11.9. The zero-order valence-corrected chi connectivity index (χ0v) is 15.0. The molecule has 112 valence electrons. The molecule has 0 aliphatic carbocycles. The molecule has 0 unspecified atom stereocenters. The first-order chi connectivity index (χ1) is 10.0. The van der Waals surface area contributed by atoms with Crippen molar-refractivity contribution >= 4 is 43.5 Å². The number of aryl methyl sites for hydroxylation is 1. The number of benzene rings is 1. The minimum absolute atomic E-state index is 0.370. The molecule has 0 spiro atoms. The monoisotopic (exact) mass is 414 g/mol. The fourth-order valence-electron chi connectivity index (χ4n) is 2.01. The van der Waals surface area contributed by atoms with Gasteiger partial charge in [0.25, 0.3) is 0 Å². The smallest absolute Gasteiger partial charge is 0.340 e. The number of aromatic nitrogens is 1. The predicted octanol–water partition coefficient (Wildman–Crippen LogP) is 4.43. The quantitative estimate of drug-likeness (QED) is 0.734. The molecule has 0 atom stereocenters. The van der Waals surface area contributed by atoms with Gasteiger partial charge in [0.15, 0.2) is 0 Å². The van der Waals surface area contributed by atoms with Gasteiger partial charge in [0.2, 0.25) is 0 Å². The van der Waals surface area contributed by atoms with Crippen LogP contribution < -0.4 is 5.32 Å². The number of carbonyl (C=O) groups is 1. The van der Waals surface area contributed by atoms with E-state index in [-0.39, 0.29) is 5.97 Å². The van der Waals surface area contributed by atoms with Crippen LogP contribution >= 0.6 is 31.9 Å². The third-order valence-corrected chi connectivity index (χ3v) is 4.19. The van der Waals surface area contributed by atoms with Crippen molar-refractivity contribution in [1.82, 2.24) is 4.57 Å². The number of ether oxygens (including phenoxy) is 1. The van der Waals surface area contributed by atoms with Crippen molar-refractivity contribution in [3.63, 3.8) is 0 Å². The molecule has 2 rings (SSSR count). The SMILES string of the molecule is CCn1ccc(CNc2c(Br)cc(Br)cc2C(=O)OC)c1. The van der Waals surface area contributed by atoms with E-state index in [4.69, 9.17) is 4.74 Å². The molecule has 1 N–H and O–H groups in total. The highest BCUT2D eigenvalue weighted by Crippen LogP contribution is 2.31. The van der Waals surface area contributed by atoms with Crippen molar-refractivity contribution in [2.45, 2.75) is 20.0 Å². The summed E-state index contributed by atoms with van der Waals surface area (Å²) >= 11 is 6.87. The third-order valence-electron chi connectivity index (χ3n) is 3.11. The highest BCUT2D eigenvalue weighted by molar-refractivity contribution is 9.11. The van der Waals surface area contributed by atoms with E-state index in [1.807, 2.05) is 12.3 Å². The van der Waals surface area contributed by atoms with Gasteiger partial charge in [0.1, 0.15) is 0 Å². The average Bonchev–Trinajstić information content (AvgIpc) is 2.92. The number of methoxy groups -OCH3 is 1. The standard InChI is InChI=1S/C15H16Br2N2O2/c1-3-19-5-4-10(9-19)8-18-14-12(15(20)21-2)6-11(16)7-13(14)17/h4-7,9,18H,3,8H2,1-2H3. The van der Waals surface area contributed by atoms with Gasteiger partial charge in [-0.25, -0.2) is 4.79 Å². The molecule has 21 heavy (non-hydrogen) atoms. The van der Waals surface area contributed by atoms with Crippen LogP contribution in [0.15, 0.2) is 39.5 Å². The molecule has 0 aliphatic heterocycles. The highest BCUT2D eigenvalue weighted by atomic mass is 79.9. The minimum Gasteiger partial charge on any atom is -0.465 e. The van der Waals surface area contributed by atoms with E-state index >= 15 is 0 Å². The van der Waals surface area contributed by atoms with Crippen LogP contribution in [0.2, 0.25) is 0 Å². The number of carbonyl (C=O) groups excluding carboxylic acids is 1. The van der Waals surface area contributed by atoms with Crippen LogP contribution in [0.4, 0.5) is 5.69 Å². The van der Waals surface area contributed by atoms with Crippen molar-refractivity contribution in [3.05, 3.63) is 50.7 Å². The molecule has 0 amide bonds. The average molecular weight is 416 g/mol. The van der Waals surface area contributed by atoms with E-state index in [0.29, 0.717) is 12.1 Å². The number of anilines is 1. The van der Waals surface area contributed by atoms with Crippen LogP contribution in [0.3, 0.4) is 0 Å². The fraction of sp³-hybridized carbons (Fsp3) is 0.267. The molecule has 0 saturated heterocycles. The lowest BCUT2D eigenvalue weighted by molar-refractivity contribution is 0.0601. The molecular formula is C15H16Br2N2O2. The predicted molar refractivity (Wildman–Crippen MR) is 90.6 cm³/mol. The van der Waals surface area contributed by atoms with Crippen molar-refractivity contribution < 1.29 is 9.53 Å². The van der Waals surface area contributed by atoms with Gasteiger partial charge >= 0.3 is 5.97 Å². The Kier molecular flexibility index (Phi) is 5.47. The zero-order valence-electron chi connectivity index (χ0n) is 11.8. The molecule has 1 aromatic carbocycles. The summed E-state index contributed by atoms with van der Waals surface area (Å²) in [6.07, 6.45) is 4.12. The van der Waals surface area contributed by atoms with Gasteiger partial charge in [-0.3, -0.25) is 0 Å². The Morgan fingerprint density at radius 2 is 2.14 bits per heavy atom. The fourth-order valence-corrected chi connectivity index (χ4v) is 3.37. The molecule has 0 aliphatic rings. The van der Waals surface area contributed by atoms with E-state index < -0.39 is 0 Å². The molecule has 0 bridgehead atoms. The van der Waals surface area contributed by atoms with Gasteiger partial charge in [0.05, 0.1) is 18.4 Å². The summed E-state index contributed by atoms with van der Waals surface area (Å²) in [5.41, 5.74) is 2.38. The van der Waals surface area contributed by atoms with Gasteiger partial charge in [-0.1, -0.05) is 15.9 Å². The van der Waals surface area contributed by atoms with Crippen molar-refractivity contribution in [3.8, 4) is 0 Å². The van der Waals surface area contributed by atoms with Crippen LogP contribution in [-0.2, 0) is 17.8 Å². The summed E-state index contributed by atoms with van der Waals surface area (Å²) in [6.45, 7) is 3.67. The maximum absolute atomic E-state index is 11.9. The number of nitrogens with one attached hydrogen (secondary N) is 1. The van der Waals surface area contributed by atoms with Crippen LogP contribution in [-0.4, -0.2) is 17.6 Å². The van der Waals surface area contributed by atoms with Gasteiger partial charge in [-0.2, -0.15) is 0 Å². The second-order valence-electron chi connectivity index (χ2n) is 4.51. The second kappa shape index (κ2) is 7.13. The van der Waals surface area contributed by atoms with E-state index in [0.717, 1.165) is 26.7 Å². The lowest BCUT2D eigenvalue weighted by Gasteiger charge is -2.13. The van der Waals surface area contributed by atoms with E-state index in [2.05, 4.69) is 60.9 Å².